The van der Waals surface area contributed by atoms with Crippen molar-refractivity contribution < 1.29 is 14.0 Å². The van der Waals surface area contributed by atoms with Crippen molar-refractivity contribution in [2.45, 2.75) is 38.4 Å². The Labute approximate surface area is 91.9 Å². The molecule has 4 heteroatoms. The van der Waals surface area contributed by atoms with Crippen LogP contribution in [0.5, 0.6) is 0 Å². The van der Waals surface area contributed by atoms with Gasteiger partial charge in [0, 0.05) is 6.92 Å². The molecule has 82 valence electrons. The van der Waals surface area contributed by atoms with E-state index in [1.165, 1.54) is 5.47 Å². The standard InChI is InChI=1S/C11H18BO3/c1-10(2)11(3,4)15-12(14-10)9-5-7-13-8-6-9/h5H,1,6-8H2,2-4H3/q+1. The summed E-state index contributed by atoms with van der Waals surface area (Å²) in [7, 11) is -0.244. The van der Waals surface area contributed by atoms with E-state index in [0.717, 1.165) is 13.0 Å². The van der Waals surface area contributed by atoms with Gasteiger partial charge in [0.05, 0.1) is 20.1 Å². The van der Waals surface area contributed by atoms with Gasteiger partial charge in [-0.1, -0.05) is 6.08 Å². The molecule has 0 radical (unpaired) electrons. The molecule has 0 aromatic carbocycles. The molecule has 2 rings (SSSR count). The molecule has 2 heterocycles. The van der Waals surface area contributed by atoms with Crippen molar-refractivity contribution in [3.63, 3.8) is 0 Å². The van der Waals surface area contributed by atoms with Crippen LogP contribution in [-0.2, 0) is 14.0 Å². The molecule has 0 N–H and O–H groups in total. The summed E-state index contributed by atoms with van der Waals surface area (Å²) >= 11 is 0. The summed E-state index contributed by atoms with van der Waals surface area (Å²) in [5.41, 5.74) is 0.342. The molecule has 0 aromatic rings. The lowest BCUT2D eigenvalue weighted by atomic mass is 9.75. The average molecular weight is 209 g/mol. The predicted molar refractivity (Wildman–Crippen MR) is 59.3 cm³/mol. The van der Waals surface area contributed by atoms with E-state index in [1.807, 2.05) is 26.8 Å². The van der Waals surface area contributed by atoms with Gasteiger partial charge in [0.15, 0.2) is 0 Å². The summed E-state index contributed by atoms with van der Waals surface area (Å²) in [4.78, 5) is 0. The minimum atomic E-state index is -0.489. The molecule has 0 saturated carbocycles. The zero-order valence-electron chi connectivity index (χ0n) is 9.71. The fraction of sp³-hybridized carbons (Fsp3) is 0.727. The normalized spacial score (nSPS) is 35.4. The van der Waals surface area contributed by atoms with Gasteiger partial charge in [-0.05, 0) is 25.7 Å². The third kappa shape index (κ3) is 1.94. The fourth-order valence-corrected chi connectivity index (χ4v) is 1.70. The Morgan fingerprint density at radius 3 is 2.53 bits per heavy atom. The molecule has 0 spiro atoms. The smallest absolute Gasteiger partial charge is 0.395 e. The van der Waals surface area contributed by atoms with Gasteiger partial charge < -0.3 is 14.0 Å². The molecule has 1 atom stereocenters. The number of rotatable bonds is 1. The second-order valence-electron chi connectivity index (χ2n) is 4.91. The highest BCUT2D eigenvalue weighted by Gasteiger charge is 2.57. The van der Waals surface area contributed by atoms with E-state index < -0.39 is 5.60 Å². The van der Waals surface area contributed by atoms with E-state index >= 15 is 0 Å². The van der Waals surface area contributed by atoms with Crippen LogP contribution in [0.4, 0.5) is 0 Å². The van der Waals surface area contributed by atoms with Crippen molar-refractivity contribution in [2.24, 2.45) is 0 Å². The fourth-order valence-electron chi connectivity index (χ4n) is 1.70. The van der Waals surface area contributed by atoms with Crippen LogP contribution in [0.2, 0.25) is 0 Å². The van der Waals surface area contributed by atoms with Crippen molar-refractivity contribution >= 4 is 7.12 Å². The van der Waals surface area contributed by atoms with Crippen LogP contribution >= 0.6 is 0 Å². The van der Waals surface area contributed by atoms with Crippen molar-refractivity contribution in [2.75, 3.05) is 13.2 Å². The van der Waals surface area contributed by atoms with Gasteiger partial charge in [0.25, 0.3) is 0 Å². The second-order valence-corrected chi connectivity index (χ2v) is 4.91. The number of hydrogen-bond donors (Lipinski definition) is 0. The van der Waals surface area contributed by atoms with E-state index in [4.69, 9.17) is 14.0 Å². The molecule has 0 bridgehead atoms. The molecule has 1 unspecified atom stereocenters. The highest BCUT2D eigenvalue weighted by molar-refractivity contribution is 6.54. The van der Waals surface area contributed by atoms with E-state index in [2.05, 4.69) is 6.92 Å². The van der Waals surface area contributed by atoms with Gasteiger partial charge in [-0.25, -0.2) is 0 Å². The Kier molecular flexibility index (Phi) is 2.61. The molecule has 1 saturated heterocycles. The summed E-state index contributed by atoms with van der Waals surface area (Å²) in [6, 6.07) is 0. The Morgan fingerprint density at radius 2 is 2.07 bits per heavy atom. The topological polar surface area (TPSA) is 27.7 Å². The second kappa shape index (κ2) is 3.54. The van der Waals surface area contributed by atoms with Crippen LogP contribution in [0.3, 0.4) is 0 Å². The predicted octanol–water partition coefficient (Wildman–Crippen LogP) is 1.78. The molecule has 2 aliphatic heterocycles. The summed E-state index contributed by atoms with van der Waals surface area (Å²) < 4.78 is 17.0. The van der Waals surface area contributed by atoms with E-state index in [9.17, 15) is 0 Å². The van der Waals surface area contributed by atoms with E-state index in [0.29, 0.717) is 6.61 Å². The van der Waals surface area contributed by atoms with Gasteiger partial charge >= 0.3 is 7.12 Å². The maximum absolute atomic E-state index is 5.89. The van der Waals surface area contributed by atoms with Crippen molar-refractivity contribution in [1.29, 1.82) is 0 Å². The molecule has 2 aliphatic rings. The third-order valence-corrected chi connectivity index (χ3v) is 3.34. The van der Waals surface area contributed by atoms with Crippen molar-refractivity contribution in [3.8, 4) is 0 Å². The van der Waals surface area contributed by atoms with Crippen LogP contribution in [0.15, 0.2) is 11.5 Å². The molecule has 0 aromatic heterocycles. The first-order valence-electron chi connectivity index (χ1n) is 5.40. The summed E-state index contributed by atoms with van der Waals surface area (Å²) in [6.45, 7) is 11.5. The SMILES string of the molecule is [CH2+]C1(C)OB(C2=CCOCC2)OC1(C)C. The van der Waals surface area contributed by atoms with Gasteiger partial charge in [0.1, 0.15) is 5.60 Å². The summed E-state index contributed by atoms with van der Waals surface area (Å²) in [5, 5.41) is 0. The average Bonchev–Trinajstić information content (AvgIpc) is 2.38. The highest BCUT2D eigenvalue weighted by atomic mass is 16.7. The molecular weight excluding hydrogens is 191 g/mol. The number of hydrogen-bond acceptors (Lipinski definition) is 3. The molecule has 3 nitrogen and oxygen atoms in total. The van der Waals surface area contributed by atoms with E-state index in [-0.39, 0.29) is 12.7 Å². The van der Waals surface area contributed by atoms with Gasteiger partial charge in [0.2, 0.25) is 5.60 Å². The zero-order valence-corrected chi connectivity index (χ0v) is 9.71. The molecule has 0 amide bonds. The Bertz CT molecular complexity index is 268. The number of ether oxygens (including phenoxy) is 1. The van der Waals surface area contributed by atoms with Crippen LogP contribution < -0.4 is 0 Å². The molecule has 15 heavy (non-hydrogen) atoms. The molecular formula is C11H18BO3+. The minimum absolute atomic E-state index is 0.244. The first-order chi connectivity index (χ1) is 6.92. The molecule has 1 fully saturated rings. The lowest BCUT2D eigenvalue weighted by Gasteiger charge is -2.25. The first-order valence-corrected chi connectivity index (χ1v) is 5.40. The lowest BCUT2D eigenvalue weighted by molar-refractivity contribution is 0.0262. The summed E-state index contributed by atoms with van der Waals surface area (Å²) in [6.07, 6.45) is 2.93. The van der Waals surface area contributed by atoms with E-state index in [1.54, 1.807) is 0 Å². The van der Waals surface area contributed by atoms with Crippen molar-refractivity contribution in [1.82, 2.24) is 0 Å². The summed E-state index contributed by atoms with van der Waals surface area (Å²) in [5.74, 6) is 0. The minimum Gasteiger partial charge on any atom is -0.395 e. The monoisotopic (exact) mass is 209 g/mol. The van der Waals surface area contributed by atoms with Crippen LogP contribution in [0.25, 0.3) is 0 Å². The largest absolute Gasteiger partial charge is 0.493 e. The maximum Gasteiger partial charge on any atom is 0.493 e. The highest BCUT2D eigenvalue weighted by Crippen LogP contribution is 2.38. The maximum atomic E-state index is 5.89. The van der Waals surface area contributed by atoms with Crippen LogP contribution in [-0.4, -0.2) is 31.5 Å². The Morgan fingerprint density at radius 1 is 1.33 bits per heavy atom. The van der Waals surface area contributed by atoms with Gasteiger partial charge in [-0.2, -0.15) is 0 Å². The van der Waals surface area contributed by atoms with Crippen LogP contribution in [0.1, 0.15) is 27.2 Å². The first kappa shape index (κ1) is 11.1. The Balaban J connectivity index is 2.12. The molecule has 0 aliphatic carbocycles. The van der Waals surface area contributed by atoms with Crippen molar-refractivity contribution in [3.05, 3.63) is 18.5 Å². The third-order valence-electron chi connectivity index (χ3n) is 3.34. The van der Waals surface area contributed by atoms with Crippen LogP contribution in [0, 0.1) is 6.92 Å². The van der Waals surface area contributed by atoms with Gasteiger partial charge in [-0.3, -0.25) is 0 Å². The Hall–Kier alpha value is -0.445. The zero-order chi connectivity index (χ0) is 11.1. The quantitative estimate of drug-likeness (QED) is 0.486. The van der Waals surface area contributed by atoms with Gasteiger partial charge in [-0.15, -0.1) is 0 Å². The lowest BCUT2D eigenvalue weighted by Crippen LogP contribution is -2.42.